The Balaban J connectivity index is 1.57. The molecule has 1 saturated heterocycles. The Hall–Kier alpha value is -2.48. The second-order valence-corrected chi connectivity index (χ2v) is 16.7. The Morgan fingerprint density at radius 3 is 1.91 bits per heavy atom. The molecule has 1 aliphatic carbocycles. The summed E-state index contributed by atoms with van der Waals surface area (Å²) in [4.78, 5) is 2.79. The number of ether oxygens (including phenoxy) is 2. The fourth-order valence-electron chi connectivity index (χ4n) is 6.81. The Morgan fingerprint density at radius 1 is 0.870 bits per heavy atom. The van der Waals surface area contributed by atoms with Crippen molar-refractivity contribution in [3.05, 3.63) is 113 Å². The van der Waals surface area contributed by atoms with E-state index in [0.717, 1.165) is 31.5 Å². The lowest BCUT2D eigenvalue weighted by Crippen LogP contribution is -2.50. The van der Waals surface area contributed by atoms with E-state index in [1.807, 2.05) is 18.2 Å². The number of sulfone groups is 1. The molecule has 2 aliphatic rings. The lowest BCUT2D eigenvalue weighted by molar-refractivity contribution is -0.306. The van der Waals surface area contributed by atoms with E-state index in [1.54, 1.807) is 24.3 Å². The van der Waals surface area contributed by atoms with Crippen molar-refractivity contribution in [3.63, 3.8) is 0 Å². The van der Waals surface area contributed by atoms with E-state index < -0.39 is 15.6 Å². The highest BCUT2D eigenvalue weighted by Gasteiger charge is 2.47. The average Bonchev–Trinajstić information content (AvgIpc) is 3.21. The lowest BCUT2D eigenvalue weighted by atomic mass is 9.83. The Kier molecular flexibility index (Phi) is 11.5. The van der Waals surface area contributed by atoms with Crippen LogP contribution in [0.5, 0.6) is 0 Å². The summed E-state index contributed by atoms with van der Waals surface area (Å²) >= 11 is 7.81. The molecule has 0 aromatic heterocycles. The molecule has 3 atom stereocenters. The molecule has 0 unspecified atom stereocenters. The monoisotopic (exact) mass is 663 g/mol. The molecule has 2 fully saturated rings. The number of nitrogens with zero attached hydrogens (tertiary/aromatic N) is 1. The first-order valence-corrected chi connectivity index (χ1v) is 18.7. The van der Waals surface area contributed by atoms with Gasteiger partial charge in [-0.3, -0.25) is 4.90 Å². The lowest BCUT2D eigenvalue weighted by Gasteiger charge is -2.46. The van der Waals surface area contributed by atoms with Crippen LogP contribution in [-0.2, 0) is 32.4 Å². The minimum absolute atomic E-state index is 0.0370. The highest BCUT2D eigenvalue weighted by atomic mass is 35.5. The molecule has 46 heavy (non-hydrogen) atoms. The minimum atomic E-state index is -3.69. The van der Waals surface area contributed by atoms with E-state index in [9.17, 15) is 8.42 Å². The van der Waals surface area contributed by atoms with Gasteiger partial charge in [0.2, 0.25) is 0 Å². The molecule has 3 aromatic carbocycles. The van der Waals surface area contributed by atoms with Crippen molar-refractivity contribution >= 4 is 21.4 Å². The van der Waals surface area contributed by atoms with Crippen LogP contribution < -0.4 is 0 Å². The summed E-state index contributed by atoms with van der Waals surface area (Å²) in [5.41, 5.74) is 3.23. The maximum absolute atomic E-state index is 13.8. The summed E-state index contributed by atoms with van der Waals surface area (Å²) < 4.78 is 40.8. The molecule has 7 heteroatoms. The summed E-state index contributed by atoms with van der Waals surface area (Å²) in [5.74, 6) is -0.670. The predicted molar refractivity (Wildman–Crippen MR) is 187 cm³/mol. The number of allylic oxidation sites excluding steroid dienone is 1. The summed E-state index contributed by atoms with van der Waals surface area (Å²) in [6.45, 7) is 11.4. The van der Waals surface area contributed by atoms with Gasteiger partial charge < -0.3 is 9.47 Å². The molecule has 1 spiro atoms. The van der Waals surface area contributed by atoms with Gasteiger partial charge in [-0.25, -0.2) is 8.42 Å². The van der Waals surface area contributed by atoms with Crippen LogP contribution >= 0.6 is 11.6 Å². The van der Waals surface area contributed by atoms with E-state index >= 15 is 0 Å². The third-order valence-electron chi connectivity index (χ3n) is 9.25. The smallest absolute Gasteiger partial charge is 0.199 e. The molecule has 248 valence electrons. The molecule has 0 N–H and O–H groups in total. The quantitative estimate of drug-likeness (QED) is 0.192. The van der Waals surface area contributed by atoms with Crippen molar-refractivity contribution in [1.29, 1.82) is 0 Å². The number of rotatable bonds is 11. The number of hydrogen-bond donors (Lipinski definition) is 0. The third kappa shape index (κ3) is 9.11. The molecule has 1 aliphatic heterocycles. The van der Waals surface area contributed by atoms with Crippen LogP contribution in [0, 0.1) is 17.3 Å². The summed E-state index contributed by atoms with van der Waals surface area (Å²) in [6.07, 6.45) is 3.49. The molecule has 3 aromatic rings. The summed E-state index contributed by atoms with van der Waals surface area (Å²) in [5, 5.41) is 1.13. The van der Waals surface area contributed by atoms with Gasteiger partial charge in [0.25, 0.3) is 0 Å². The second-order valence-electron chi connectivity index (χ2n) is 14.4. The summed E-state index contributed by atoms with van der Waals surface area (Å²) in [6, 6.07) is 29.7. The Morgan fingerprint density at radius 2 is 1.39 bits per heavy atom. The third-order valence-corrected chi connectivity index (χ3v) is 11.4. The van der Waals surface area contributed by atoms with Gasteiger partial charge in [-0.2, -0.15) is 0 Å². The number of benzene rings is 3. The SMILES string of the molecule is CC(C)C[C@@H]([C@H](Cl)[C@@H]1CC2(CCC/C1=C\S(=O)(=O)c1ccccc1)OCC(C)(C)CO2)N(Cc1ccccc1)Cc1ccccc1. The van der Waals surface area contributed by atoms with E-state index in [4.69, 9.17) is 21.1 Å². The highest BCUT2D eigenvalue weighted by Crippen LogP contribution is 2.46. The summed E-state index contributed by atoms with van der Waals surface area (Å²) in [7, 11) is -3.69. The van der Waals surface area contributed by atoms with Crippen molar-refractivity contribution in [1.82, 2.24) is 4.90 Å². The number of alkyl halides is 1. The van der Waals surface area contributed by atoms with Gasteiger partial charge in [0.1, 0.15) is 0 Å². The minimum Gasteiger partial charge on any atom is -0.349 e. The predicted octanol–water partition coefficient (Wildman–Crippen LogP) is 9.03. The zero-order chi connectivity index (χ0) is 32.8. The van der Waals surface area contributed by atoms with Crippen LogP contribution in [0.25, 0.3) is 0 Å². The number of halogens is 1. The second kappa shape index (κ2) is 15.2. The van der Waals surface area contributed by atoms with Crippen molar-refractivity contribution in [2.24, 2.45) is 17.3 Å². The van der Waals surface area contributed by atoms with Gasteiger partial charge >= 0.3 is 0 Å². The van der Waals surface area contributed by atoms with E-state index in [0.29, 0.717) is 43.3 Å². The molecule has 1 saturated carbocycles. The number of hydrogen-bond acceptors (Lipinski definition) is 5. The molecular weight excluding hydrogens is 614 g/mol. The van der Waals surface area contributed by atoms with Crippen LogP contribution in [-0.4, -0.2) is 43.7 Å². The van der Waals surface area contributed by atoms with Gasteiger partial charge in [0, 0.05) is 48.7 Å². The molecule has 1 heterocycles. The van der Waals surface area contributed by atoms with Crippen molar-refractivity contribution in [2.75, 3.05) is 13.2 Å². The van der Waals surface area contributed by atoms with Crippen molar-refractivity contribution in [2.45, 2.75) is 95.0 Å². The van der Waals surface area contributed by atoms with Gasteiger partial charge in [0.15, 0.2) is 15.6 Å². The first-order chi connectivity index (χ1) is 22.0. The van der Waals surface area contributed by atoms with Gasteiger partial charge in [-0.1, -0.05) is 112 Å². The highest BCUT2D eigenvalue weighted by molar-refractivity contribution is 7.94. The molecule has 0 bridgehead atoms. The van der Waals surface area contributed by atoms with Crippen LogP contribution in [0.4, 0.5) is 0 Å². The molecule has 5 rings (SSSR count). The van der Waals surface area contributed by atoms with Gasteiger partial charge in [-0.15, -0.1) is 11.6 Å². The Labute approximate surface area is 281 Å². The molecule has 0 amide bonds. The fraction of sp³-hybridized carbons (Fsp3) is 0.487. The zero-order valence-corrected chi connectivity index (χ0v) is 29.3. The van der Waals surface area contributed by atoms with Gasteiger partial charge in [-0.05, 0) is 48.4 Å². The van der Waals surface area contributed by atoms with Crippen LogP contribution in [0.3, 0.4) is 0 Å². The average molecular weight is 664 g/mol. The van der Waals surface area contributed by atoms with Crippen LogP contribution in [0.15, 0.2) is 107 Å². The fourth-order valence-corrected chi connectivity index (χ4v) is 8.69. The first-order valence-electron chi connectivity index (χ1n) is 16.7. The van der Waals surface area contributed by atoms with Gasteiger partial charge in [0.05, 0.1) is 23.5 Å². The van der Waals surface area contributed by atoms with Crippen molar-refractivity contribution in [3.8, 4) is 0 Å². The standard InChI is InChI=1S/C39H50ClNO4S/c1-30(2)23-36(41(25-31-15-8-5-9-16-31)26-32-17-10-6-11-18-32)37(40)35-24-39(44-28-38(3,4)29-45-39)22-14-19-33(35)27-46(42,43)34-20-12-7-13-21-34/h5-13,15-18,20-21,27,30,35-37H,14,19,22-26,28-29H2,1-4H3/b33-27+/t35-,36+,37-/m1/s1. The van der Waals surface area contributed by atoms with Crippen molar-refractivity contribution < 1.29 is 17.9 Å². The van der Waals surface area contributed by atoms with E-state index in [-0.39, 0.29) is 22.8 Å². The molecular formula is C39H50ClNO4S. The molecule has 5 nitrogen and oxygen atoms in total. The zero-order valence-electron chi connectivity index (χ0n) is 27.8. The van der Waals surface area contributed by atoms with Crippen LogP contribution in [0.1, 0.15) is 70.9 Å². The van der Waals surface area contributed by atoms with E-state index in [1.165, 1.54) is 16.5 Å². The maximum Gasteiger partial charge on any atom is 0.199 e. The maximum atomic E-state index is 13.8. The Bertz CT molecular complexity index is 1470. The normalized spacial score (nSPS) is 22.2. The van der Waals surface area contributed by atoms with E-state index in [2.05, 4.69) is 81.1 Å². The molecule has 0 radical (unpaired) electrons. The topological polar surface area (TPSA) is 55.8 Å². The van der Waals surface area contributed by atoms with Crippen LogP contribution in [0.2, 0.25) is 0 Å². The largest absolute Gasteiger partial charge is 0.349 e. The first kappa shape index (κ1) is 34.8.